The molecule has 0 saturated carbocycles. The standard InChI is InChI=1S/C19H26N4O2/c1-13-8-9-17(23-22-13)21-16-7-5-6-15(10-16)18(25)20-12-19(3,4)11-14(2)24/h5-10,14,24H,11-12H2,1-4H3,(H,20,25)(H,21,23). The highest BCUT2D eigenvalue weighted by Crippen LogP contribution is 2.21. The summed E-state index contributed by atoms with van der Waals surface area (Å²) in [4.78, 5) is 12.4. The van der Waals surface area contributed by atoms with Gasteiger partial charge in [0.05, 0.1) is 11.8 Å². The lowest BCUT2D eigenvalue weighted by Gasteiger charge is -2.26. The van der Waals surface area contributed by atoms with Crippen LogP contribution in [0.25, 0.3) is 0 Å². The molecule has 134 valence electrons. The van der Waals surface area contributed by atoms with Crippen LogP contribution in [0.2, 0.25) is 0 Å². The third-order valence-corrected chi connectivity index (χ3v) is 3.77. The van der Waals surface area contributed by atoms with E-state index in [0.717, 1.165) is 11.4 Å². The van der Waals surface area contributed by atoms with Crippen LogP contribution in [0.4, 0.5) is 11.5 Å². The highest BCUT2D eigenvalue weighted by Gasteiger charge is 2.21. The van der Waals surface area contributed by atoms with Gasteiger partial charge in [-0.05, 0) is 56.0 Å². The second-order valence-electron chi connectivity index (χ2n) is 7.17. The Bertz CT molecular complexity index is 712. The monoisotopic (exact) mass is 342 g/mol. The van der Waals surface area contributed by atoms with E-state index in [-0.39, 0.29) is 11.3 Å². The molecular formula is C19H26N4O2. The van der Waals surface area contributed by atoms with Crippen molar-refractivity contribution in [3.05, 3.63) is 47.7 Å². The SMILES string of the molecule is Cc1ccc(Nc2cccc(C(=O)NCC(C)(C)CC(C)O)c2)nn1. The molecule has 1 atom stereocenters. The Balaban J connectivity index is 2.00. The quantitative estimate of drug-likeness (QED) is 0.720. The van der Waals surface area contributed by atoms with Crippen LogP contribution in [-0.4, -0.2) is 33.9 Å². The van der Waals surface area contributed by atoms with Crippen molar-refractivity contribution in [1.29, 1.82) is 0 Å². The molecule has 0 aliphatic rings. The zero-order chi connectivity index (χ0) is 18.4. The Labute approximate surface area is 148 Å². The van der Waals surface area contributed by atoms with Crippen molar-refractivity contribution in [1.82, 2.24) is 15.5 Å². The number of nitrogens with one attached hydrogen (secondary N) is 2. The molecule has 0 fully saturated rings. The van der Waals surface area contributed by atoms with Gasteiger partial charge in [-0.25, -0.2) is 0 Å². The Morgan fingerprint density at radius 3 is 2.64 bits per heavy atom. The molecule has 6 nitrogen and oxygen atoms in total. The summed E-state index contributed by atoms with van der Waals surface area (Å²) in [5, 5.41) is 23.7. The van der Waals surface area contributed by atoms with Gasteiger partial charge in [-0.15, -0.1) is 5.10 Å². The van der Waals surface area contributed by atoms with Crippen molar-refractivity contribution in [2.45, 2.75) is 40.2 Å². The van der Waals surface area contributed by atoms with Gasteiger partial charge >= 0.3 is 0 Å². The lowest BCUT2D eigenvalue weighted by atomic mass is 9.87. The number of hydrogen-bond acceptors (Lipinski definition) is 5. The summed E-state index contributed by atoms with van der Waals surface area (Å²) in [5.74, 6) is 0.485. The molecule has 1 heterocycles. The predicted molar refractivity (Wildman–Crippen MR) is 98.9 cm³/mol. The first-order valence-corrected chi connectivity index (χ1v) is 8.39. The smallest absolute Gasteiger partial charge is 0.251 e. The van der Waals surface area contributed by atoms with Gasteiger partial charge in [-0.3, -0.25) is 4.79 Å². The first kappa shape index (κ1) is 18.9. The fourth-order valence-electron chi connectivity index (χ4n) is 2.65. The van der Waals surface area contributed by atoms with Crippen molar-refractivity contribution in [3.8, 4) is 0 Å². The maximum atomic E-state index is 12.4. The van der Waals surface area contributed by atoms with Gasteiger partial charge in [0.1, 0.15) is 0 Å². The summed E-state index contributed by atoms with van der Waals surface area (Å²) < 4.78 is 0. The zero-order valence-corrected chi connectivity index (χ0v) is 15.2. The normalized spacial score (nSPS) is 12.5. The highest BCUT2D eigenvalue weighted by molar-refractivity contribution is 5.95. The number of nitrogens with zero attached hydrogens (tertiary/aromatic N) is 2. The summed E-state index contributed by atoms with van der Waals surface area (Å²) in [7, 11) is 0. The maximum absolute atomic E-state index is 12.4. The van der Waals surface area contributed by atoms with Crippen molar-refractivity contribution in [2.24, 2.45) is 5.41 Å². The number of benzene rings is 1. The van der Waals surface area contributed by atoms with Gasteiger partial charge in [0, 0.05) is 17.8 Å². The summed E-state index contributed by atoms with van der Waals surface area (Å²) in [6.07, 6.45) is 0.232. The van der Waals surface area contributed by atoms with E-state index in [1.807, 2.05) is 45.0 Å². The maximum Gasteiger partial charge on any atom is 0.251 e. The van der Waals surface area contributed by atoms with E-state index in [4.69, 9.17) is 0 Å². The van der Waals surface area contributed by atoms with E-state index >= 15 is 0 Å². The largest absolute Gasteiger partial charge is 0.393 e. The molecule has 1 unspecified atom stereocenters. The Hall–Kier alpha value is -2.47. The molecule has 0 aliphatic carbocycles. The molecule has 1 aromatic carbocycles. The third kappa shape index (κ3) is 6.15. The van der Waals surface area contributed by atoms with Gasteiger partial charge < -0.3 is 15.7 Å². The van der Waals surface area contributed by atoms with E-state index in [9.17, 15) is 9.90 Å². The molecule has 0 bridgehead atoms. The lowest BCUT2D eigenvalue weighted by Crippen LogP contribution is -2.35. The van der Waals surface area contributed by atoms with Crippen molar-refractivity contribution in [3.63, 3.8) is 0 Å². The van der Waals surface area contributed by atoms with E-state index in [1.165, 1.54) is 0 Å². The Morgan fingerprint density at radius 1 is 1.24 bits per heavy atom. The molecule has 0 radical (unpaired) electrons. The molecule has 25 heavy (non-hydrogen) atoms. The average Bonchev–Trinajstić information content (AvgIpc) is 2.54. The number of amides is 1. The molecule has 0 spiro atoms. The Kier molecular flexibility index (Phi) is 6.09. The first-order chi connectivity index (χ1) is 11.7. The Morgan fingerprint density at radius 2 is 2.00 bits per heavy atom. The molecule has 2 rings (SSSR count). The molecule has 0 aliphatic heterocycles. The van der Waals surface area contributed by atoms with Crippen LogP contribution in [0.1, 0.15) is 43.2 Å². The summed E-state index contributed by atoms with van der Waals surface area (Å²) >= 11 is 0. The summed E-state index contributed by atoms with van der Waals surface area (Å²) in [5.41, 5.74) is 2.02. The number of anilines is 2. The van der Waals surface area contributed by atoms with Gasteiger partial charge in [-0.2, -0.15) is 5.10 Å². The fraction of sp³-hybridized carbons (Fsp3) is 0.421. The molecule has 1 aromatic heterocycles. The van der Waals surface area contributed by atoms with Crippen molar-refractivity contribution in [2.75, 3.05) is 11.9 Å². The highest BCUT2D eigenvalue weighted by atomic mass is 16.3. The van der Waals surface area contributed by atoms with E-state index in [0.29, 0.717) is 24.3 Å². The van der Waals surface area contributed by atoms with Crippen LogP contribution in [0, 0.1) is 12.3 Å². The predicted octanol–water partition coefficient (Wildman–Crippen LogP) is 3.06. The number of carbonyl (C=O) groups excluding carboxylic acids is 1. The van der Waals surface area contributed by atoms with Crippen LogP contribution in [-0.2, 0) is 0 Å². The number of aryl methyl sites for hydroxylation is 1. The molecule has 0 saturated heterocycles. The molecule has 3 N–H and O–H groups in total. The van der Waals surface area contributed by atoms with E-state index in [1.54, 1.807) is 19.1 Å². The molecular weight excluding hydrogens is 316 g/mol. The number of carbonyl (C=O) groups is 1. The van der Waals surface area contributed by atoms with Crippen LogP contribution in [0.15, 0.2) is 36.4 Å². The second kappa shape index (κ2) is 8.07. The van der Waals surface area contributed by atoms with E-state index in [2.05, 4.69) is 20.8 Å². The van der Waals surface area contributed by atoms with Crippen LogP contribution in [0.5, 0.6) is 0 Å². The van der Waals surface area contributed by atoms with Crippen LogP contribution in [0.3, 0.4) is 0 Å². The first-order valence-electron chi connectivity index (χ1n) is 8.39. The van der Waals surface area contributed by atoms with Crippen LogP contribution >= 0.6 is 0 Å². The molecule has 2 aromatic rings. The number of rotatable bonds is 7. The minimum Gasteiger partial charge on any atom is -0.393 e. The topological polar surface area (TPSA) is 87.1 Å². The zero-order valence-electron chi connectivity index (χ0n) is 15.2. The minimum atomic E-state index is -0.393. The third-order valence-electron chi connectivity index (χ3n) is 3.77. The number of aliphatic hydroxyl groups is 1. The van der Waals surface area contributed by atoms with Gasteiger partial charge in [0.25, 0.3) is 5.91 Å². The van der Waals surface area contributed by atoms with Crippen molar-refractivity contribution >= 4 is 17.4 Å². The minimum absolute atomic E-state index is 0.141. The lowest BCUT2D eigenvalue weighted by molar-refractivity contribution is 0.0902. The van der Waals surface area contributed by atoms with E-state index < -0.39 is 6.10 Å². The fourth-order valence-corrected chi connectivity index (χ4v) is 2.65. The average molecular weight is 342 g/mol. The summed E-state index contributed by atoms with van der Waals surface area (Å²) in [6.45, 7) is 8.17. The van der Waals surface area contributed by atoms with Gasteiger partial charge in [-0.1, -0.05) is 19.9 Å². The van der Waals surface area contributed by atoms with Gasteiger partial charge in [0.2, 0.25) is 0 Å². The van der Waals surface area contributed by atoms with Crippen LogP contribution < -0.4 is 10.6 Å². The molecule has 6 heteroatoms. The second-order valence-corrected chi connectivity index (χ2v) is 7.17. The molecule has 1 amide bonds. The summed E-state index contributed by atoms with van der Waals surface area (Å²) in [6, 6.07) is 10.9. The van der Waals surface area contributed by atoms with Crippen molar-refractivity contribution < 1.29 is 9.90 Å². The number of aromatic nitrogens is 2. The number of hydrogen-bond donors (Lipinski definition) is 3. The van der Waals surface area contributed by atoms with Gasteiger partial charge in [0.15, 0.2) is 5.82 Å². The number of aliphatic hydroxyl groups excluding tert-OH is 1.